The third-order valence-electron chi connectivity index (χ3n) is 1.94. The summed E-state index contributed by atoms with van der Waals surface area (Å²) < 4.78 is 5.40. The number of carbonyl (C=O) groups is 1. The lowest BCUT2D eigenvalue weighted by Gasteiger charge is -2.10. The van der Waals surface area contributed by atoms with Crippen LogP contribution in [0, 0.1) is 0 Å². The molecular formula is C11H13BrO3. The number of para-hydroxylation sites is 1. The maximum absolute atomic E-state index is 10.7. The number of carboxylic acid groups (broad SMARTS) is 1. The first-order valence-corrected chi connectivity index (χ1v) is 5.64. The molecule has 3 nitrogen and oxygen atoms in total. The zero-order valence-electron chi connectivity index (χ0n) is 8.44. The smallest absolute Gasteiger partial charge is 0.317 e. The van der Waals surface area contributed by atoms with Crippen LogP contribution in [0.25, 0.3) is 0 Å². The number of aliphatic carboxylic acids is 1. The molecule has 0 unspecified atom stereocenters. The third-order valence-corrected chi connectivity index (χ3v) is 2.65. The van der Waals surface area contributed by atoms with E-state index in [9.17, 15) is 4.79 Å². The van der Waals surface area contributed by atoms with Crippen molar-refractivity contribution in [3.63, 3.8) is 0 Å². The average Bonchev–Trinajstić information content (AvgIpc) is 2.21. The Bertz CT molecular complexity index is 338. The van der Waals surface area contributed by atoms with Crippen LogP contribution in [0.4, 0.5) is 0 Å². The Hall–Kier alpha value is -1.03. The highest BCUT2D eigenvalue weighted by atomic mass is 79.9. The van der Waals surface area contributed by atoms with Crippen molar-refractivity contribution < 1.29 is 14.6 Å². The molecule has 0 bridgehead atoms. The van der Waals surface area contributed by atoms with Crippen molar-refractivity contribution in [2.75, 3.05) is 6.61 Å². The van der Waals surface area contributed by atoms with Crippen LogP contribution in [0.15, 0.2) is 24.3 Å². The molecule has 0 aromatic heterocycles. The average molecular weight is 273 g/mol. The number of hydrogen-bond donors (Lipinski definition) is 1. The van der Waals surface area contributed by atoms with Crippen molar-refractivity contribution >= 4 is 21.9 Å². The van der Waals surface area contributed by atoms with E-state index in [0.29, 0.717) is 13.0 Å². The second kappa shape index (κ2) is 5.75. The maximum Gasteiger partial charge on any atom is 0.317 e. The molecule has 0 aliphatic rings. The van der Waals surface area contributed by atoms with Gasteiger partial charge in [0.15, 0.2) is 0 Å². The topological polar surface area (TPSA) is 46.5 Å². The standard InChI is InChI=1S/C11H13BrO3/c1-2-15-10-6-4-3-5-8(10)7-9(12)11(13)14/h3-6,9H,2,7H2,1H3,(H,13,14)/t9-/m1/s1. The van der Waals surface area contributed by atoms with Crippen LogP contribution in [0.1, 0.15) is 12.5 Å². The molecule has 0 saturated carbocycles. The number of rotatable bonds is 5. The van der Waals surface area contributed by atoms with Gasteiger partial charge in [-0.25, -0.2) is 0 Å². The fourth-order valence-electron chi connectivity index (χ4n) is 1.25. The van der Waals surface area contributed by atoms with Crippen LogP contribution >= 0.6 is 15.9 Å². The molecule has 1 aromatic carbocycles. The van der Waals surface area contributed by atoms with Crippen LogP contribution in [-0.2, 0) is 11.2 Å². The number of hydrogen-bond acceptors (Lipinski definition) is 2. The molecule has 0 aliphatic carbocycles. The molecule has 0 saturated heterocycles. The Morgan fingerprint density at radius 2 is 2.20 bits per heavy atom. The summed E-state index contributed by atoms with van der Waals surface area (Å²) in [5.74, 6) is -0.105. The number of halogens is 1. The molecule has 0 spiro atoms. The maximum atomic E-state index is 10.7. The fourth-order valence-corrected chi connectivity index (χ4v) is 1.60. The first-order valence-electron chi connectivity index (χ1n) is 4.72. The van der Waals surface area contributed by atoms with Crippen LogP contribution in [0.5, 0.6) is 5.75 Å². The Balaban J connectivity index is 2.79. The van der Waals surface area contributed by atoms with Crippen molar-refractivity contribution in [2.24, 2.45) is 0 Å². The normalized spacial score (nSPS) is 12.1. The van der Waals surface area contributed by atoms with Crippen LogP contribution < -0.4 is 4.74 Å². The minimum Gasteiger partial charge on any atom is -0.494 e. The summed E-state index contributed by atoms with van der Waals surface area (Å²) in [5, 5.41) is 8.78. The van der Waals surface area contributed by atoms with Crippen molar-refractivity contribution in [2.45, 2.75) is 18.2 Å². The van der Waals surface area contributed by atoms with Gasteiger partial charge in [-0.2, -0.15) is 0 Å². The Kier molecular flexibility index (Phi) is 4.62. The van der Waals surface area contributed by atoms with Crippen molar-refractivity contribution in [1.29, 1.82) is 0 Å². The van der Waals surface area contributed by atoms with Gasteiger partial charge in [-0.15, -0.1) is 0 Å². The largest absolute Gasteiger partial charge is 0.494 e. The number of ether oxygens (including phenoxy) is 1. The lowest BCUT2D eigenvalue weighted by Crippen LogP contribution is -2.15. The first-order chi connectivity index (χ1) is 7.15. The molecule has 0 heterocycles. The van der Waals surface area contributed by atoms with E-state index in [1.807, 2.05) is 31.2 Å². The molecule has 1 atom stereocenters. The molecule has 0 aliphatic heterocycles. The second-order valence-electron chi connectivity index (χ2n) is 3.05. The van der Waals surface area contributed by atoms with Gasteiger partial charge in [-0.1, -0.05) is 34.1 Å². The van der Waals surface area contributed by atoms with Crippen LogP contribution in [-0.4, -0.2) is 22.5 Å². The van der Waals surface area contributed by atoms with E-state index in [1.165, 1.54) is 0 Å². The third kappa shape index (κ3) is 3.55. The summed E-state index contributed by atoms with van der Waals surface area (Å²) >= 11 is 3.11. The van der Waals surface area contributed by atoms with E-state index < -0.39 is 10.8 Å². The summed E-state index contributed by atoms with van der Waals surface area (Å²) in [6, 6.07) is 7.47. The molecule has 4 heteroatoms. The first kappa shape index (κ1) is 12.0. The van der Waals surface area contributed by atoms with Gasteiger partial charge in [0.2, 0.25) is 0 Å². The van der Waals surface area contributed by atoms with E-state index >= 15 is 0 Å². The lowest BCUT2D eigenvalue weighted by atomic mass is 10.1. The Morgan fingerprint density at radius 1 is 1.53 bits per heavy atom. The summed E-state index contributed by atoms with van der Waals surface area (Å²) in [5.41, 5.74) is 0.906. The van der Waals surface area contributed by atoms with E-state index in [-0.39, 0.29) is 0 Å². The highest BCUT2D eigenvalue weighted by Gasteiger charge is 2.15. The minimum absolute atomic E-state index is 0.422. The predicted molar refractivity (Wildman–Crippen MR) is 61.7 cm³/mol. The van der Waals surface area contributed by atoms with Gasteiger partial charge >= 0.3 is 5.97 Å². The van der Waals surface area contributed by atoms with E-state index in [0.717, 1.165) is 11.3 Å². The van der Waals surface area contributed by atoms with Crippen molar-refractivity contribution in [3.05, 3.63) is 29.8 Å². The summed E-state index contributed by atoms with van der Waals surface area (Å²) in [6.45, 7) is 2.48. The fraction of sp³-hybridized carbons (Fsp3) is 0.364. The van der Waals surface area contributed by atoms with Crippen LogP contribution in [0.2, 0.25) is 0 Å². The minimum atomic E-state index is -0.860. The highest BCUT2D eigenvalue weighted by Crippen LogP contribution is 2.21. The highest BCUT2D eigenvalue weighted by molar-refractivity contribution is 9.10. The van der Waals surface area contributed by atoms with Gasteiger partial charge in [0.1, 0.15) is 10.6 Å². The zero-order chi connectivity index (χ0) is 11.3. The lowest BCUT2D eigenvalue weighted by molar-refractivity contribution is -0.136. The van der Waals surface area contributed by atoms with Gasteiger partial charge in [0.05, 0.1) is 6.61 Å². The number of benzene rings is 1. The molecule has 1 aromatic rings. The van der Waals surface area contributed by atoms with Crippen molar-refractivity contribution in [3.8, 4) is 5.75 Å². The zero-order valence-corrected chi connectivity index (χ0v) is 10.0. The molecule has 0 fully saturated rings. The summed E-state index contributed by atoms with van der Waals surface area (Å²) in [7, 11) is 0. The molecular weight excluding hydrogens is 260 g/mol. The van der Waals surface area contributed by atoms with Gasteiger partial charge in [0, 0.05) is 0 Å². The van der Waals surface area contributed by atoms with Crippen LogP contribution in [0.3, 0.4) is 0 Å². The molecule has 0 radical (unpaired) electrons. The van der Waals surface area contributed by atoms with Gasteiger partial charge in [0.25, 0.3) is 0 Å². The Labute approximate surface area is 97.2 Å². The predicted octanol–water partition coefficient (Wildman–Crippen LogP) is 2.48. The second-order valence-corrected chi connectivity index (χ2v) is 4.16. The molecule has 1 rings (SSSR count). The molecule has 15 heavy (non-hydrogen) atoms. The number of carboxylic acids is 1. The van der Waals surface area contributed by atoms with E-state index in [2.05, 4.69) is 15.9 Å². The number of alkyl halides is 1. The monoisotopic (exact) mass is 272 g/mol. The quantitative estimate of drug-likeness (QED) is 0.838. The summed E-state index contributed by atoms with van der Waals surface area (Å²) in [4.78, 5) is 10.1. The summed E-state index contributed by atoms with van der Waals surface area (Å²) in [6.07, 6.45) is 0.422. The van der Waals surface area contributed by atoms with Crippen molar-refractivity contribution in [1.82, 2.24) is 0 Å². The van der Waals surface area contributed by atoms with Gasteiger partial charge < -0.3 is 9.84 Å². The molecule has 82 valence electrons. The SMILES string of the molecule is CCOc1ccccc1C[C@@H](Br)C(=O)O. The van der Waals surface area contributed by atoms with E-state index in [1.54, 1.807) is 0 Å². The van der Waals surface area contributed by atoms with Gasteiger partial charge in [-0.3, -0.25) is 4.79 Å². The van der Waals surface area contributed by atoms with Gasteiger partial charge in [-0.05, 0) is 25.0 Å². The molecule has 1 N–H and O–H groups in total. The van der Waals surface area contributed by atoms with E-state index in [4.69, 9.17) is 9.84 Å². The Morgan fingerprint density at radius 3 is 2.80 bits per heavy atom. The molecule has 0 amide bonds.